The van der Waals surface area contributed by atoms with E-state index in [1.807, 2.05) is 6.92 Å². The summed E-state index contributed by atoms with van der Waals surface area (Å²) < 4.78 is 48.2. The summed E-state index contributed by atoms with van der Waals surface area (Å²) in [5.41, 5.74) is -0.606. The van der Waals surface area contributed by atoms with Crippen LogP contribution in [-0.4, -0.2) is 5.97 Å². The van der Waals surface area contributed by atoms with Crippen molar-refractivity contribution in [1.29, 1.82) is 0 Å². The molecule has 0 bridgehead atoms. The number of hydrogen-bond donors (Lipinski definition) is 0. The van der Waals surface area contributed by atoms with Crippen molar-refractivity contribution in [3.8, 4) is 17.6 Å². The number of rotatable bonds is 3. The maximum atomic E-state index is 14.6. The molecule has 3 aromatic carbocycles. The van der Waals surface area contributed by atoms with Crippen LogP contribution in [0.15, 0.2) is 60.7 Å². The number of halogens is 3. The molecule has 0 unspecified atom stereocenters. The maximum absolute atomic E-state index is 14.6. The molecule has 0 N–H and O–H groups in total. The van der Waals surface area contributed by atoms with E-state index in [4.69, 9.17) is 4.74 Å². The first-order valence-corrected chi connectivity index (χ1v) is 11.0. The fraction of sp³-hybridized carbons (Fsp3) is 0.250. The number of allylic oxidation sites excluding steroid dienone is 2. The molecular formula is C28H23F3O2. The molecule has 0 aliphatic heterocycles. The van der Waals surface area contributed by atoms with Gasteiger partial charge in [-0.25, -0.2) is 18.0 Å². The van der Waals surface area contributed by atoms with Crippen LogP contribution in [0.2, 0.25) is 0 Å². The van der Waals surface area contributed by atoms with E-state index in [0.29, 0.717) is 16.7 Å². The van der Waals surface area contributed by atoms with E-state index in [-0.39, 0.29) is 17.2 Å². The summed E-state index contributed by atoms with van der Waals surface area (Å²) in [5, 5.41) is 0.861. The highest BCUT2D eigenvalue weighted by molar-refractivity contribution is 5.93. The lowest BCUT2D eigenvalue weighted by Gasteiger charge is -2.22. The van der Waals surface area contributed by atoms with Gasteiger partial charge in [0.2, 0.25) is 0 Å². The largest absolute Gasteiger partial charge is 0.423 e. The highest BCUT2D eigenvalue weighted by atomic mass is 19.1. The average Bonchev–Trinajstić information content (AvgIpc) is 2.78. The van der Waals surface area contributed by atoms with Gasteiger partial charge in [-0.1, -0.05) is 36.1 Å². The van der Waals surface area contributed by atoms with Crippen LogP contribution < -0.4 is 4.74 Å². The number of hydrogen-bond acceptors (Lipinski definition) is 2. The van der Waals surface area contributed by atoms with Crippen molar-refractivity contribution >= 4 is 16.7 Å². The molecule has 4 rings (SSSR count). The summed E-state index contributed by atoms with van der Waals surface area (Å²) >= 11 is 0. The molecule has 1 saturated carbocycles. The molecule has 168 valence electrons. The zero-order valence-electron chi connectivity index (χ0n) is 18.2. The average molecular weight is 448 g/mol. The standard InChI is InChI=1S/C28H23F3O2/c1-2-4-18-7-9-19(10-8-18)11-12-20-15-25(30)27(26(31)16-20)28(32)33-22-13-14-23-21(17-22)5-3-6-24(23)29/h2-6,13-19H,7-10H2,1H3/b4-2+. The molecule has 1 fully saturated rings. The van der Waals surface area contributed by atoms with Crippen LogP contribution in [0, 0.1) is 41.1 Å². The first-order chi connectivity index (χ1) is 15.9. The molecule has 33 heavy (non-hydrogen) atoms. The zero-order valence-corrected chi connectivity index (χ0v) is 18.2. The molecule has 0 heterocycles. The molecule has 0 atom stereocenters. The van der Waals surface area contributed by atoms with Crippen molar-refractivity contribution in [2.75, 3.05) is 0 Å². The third-order valence-electron chi connectivity index (χ3n) is 5.91. The first-order valence-electron chi connectivity index (χ1n) is 11.0. The zero-order chi connectivity index (χ0) is 23.4. The van der Waals surface area contributed by atoms with E-state index in [1.165, 1.54) is 30.3 Å². The van der Waals surface area contributed by atoms with Crippen molar-refractivity contribution < 1.29 is 22.7 Å². The number of ether oxygens (including phenoxy) is 1. The summed E-state index contributed by atoms with van der Waals surface area (Å²) in [6, 6.07) is 10.9. The summed E-state index contributed by atoms with van der Waals surface area (Å²) in [4.78, 5) is 12.4. The number of carbonyl (C=O) groups is 1. The molecule has 0 saturated heterocycles. The lowest BCUT2D eigenvalue weighted by atomic mass is 9.82. The Balaban J connectivity index is 1.48. The Morgan fingerprint density at radius 2 is 1.70 bits per heavy atom. The Hall–Kier alpha value is -3.52. The first kappa shape index (κ1) is 22.7. The van der Waals surface area contributed by atoms with Gasteiger partial charge in [-0.3, -0.25) is 0 Å². The van der Waals surface area contributed by atoms with Gasteiger partial charge in [0.25, 0.3) is 0 Å². The second kappa shape index (κ2) is 9.95. The Bertz CT molecular complexity index is 1250. The van der Waals surface area contributed by atoms with Gasteiger partial charge in [-0.2, -0.15) is 0 Å². The van der Waals surface area contributed by atoms with Crippen LogP contribution in [0.1, 0.15) is 48.5 Å². The Labute approximate surface area is 191 Å². The van der Waals surface area contributed by atoms with Crippen LogP contribution >= 0.6 is 0 Å². The third-order valence-corrected chi connectivity index (χ3v) is 5.91. The van der Waals surface area contributed by atoms with Crippen molar-refractivity contribution in [2.45, 2.75) is 32.6 Å². The molecule has 3 aromatic rings. The van der Waals surface area contributed by atoms with Gasteiger partial charge in [0.15, 0.2) is 0 Å². The Morgan fingerprint density at radius 3 is 2.39 bits per heavy atom. The van der Waals surface area contributed by atoms with Crippen LogP contribution in [0.4, 0.5) is 13.2 Å². The predicted octanol–water partition coefficient (Wildman–Crippen LogP) is 7.21. The number of benzene rings is 3. The van der Waals surface area contributed by atoms with Crippen LogP contribution in [0.25, 0.3) is 10.8 Å². The van der Waals surface area contributed by atoms with E-state index in [2.05, 4.69) is 24.0 Å². The fourth-order valence-corrected chi connectivity index (χ4v) is 4.20. The molecule has 0 amide bonds. The highest BCUT2D eigenvalue weighted by Crippen LogP contribution is 2.29. The van der Waals surface area contributed by atoms with Crippen molar-refractivity contribution in [2.24, 2.45) is 11.8 Å². The smallest absolute Gasteiger partial charge is 0.349 e. The molecule has 1 aliphatic rings. The van der Waals surface area contributed by atoms with Crippen molar-refractivity contribution in [3.63, 3.8) is 0 Å². The van der Waals surface area contributed by atoms with Gasteiger partial charge < -0.3 is 4.74 Å². The minimum atomic E-state index is -1.16. The summed E-state index contributed by atoms with van der Waals surface area (Å²) in [6.45, 7) is 2.01. The van der Waals surface area contributed by atoms with Crippen LogP contribution in [0.5, 0.6) is 5.75 Å². The number of fused-ring (bicyclic) bond motifs is 1. The lowest BCUT2D eigenvalue weighted by Crippen LogP contribution is -2.13. The summed E-state index contributed by atoms with van der Waals surface area (Å²) in [7, 11) is 0. The fourth-order valence-electron chi connectivity index (χ4n) is 4.20. The van der Waals surface area contributed by atoms with Gasteiger partial charge in [-0.15, -0.1) is 0 Å². The van der Waals surface area contributed by atoms with Gasteiger partial charge in [-0.05, 0) is 80.3 Å². The Morgan fingerprint density at radius 1 is 0.970 bits per heavy atom. The number of carbonyl (C=O) groups excluding carboxylic acids is 1. The molecule has 0 aromatic heterocycles. The minimum absolute atomic E-state index is 0.0642. The van der Waals surface area contributed by atoms with Gasteiger partial charge in [0.1, 0.15) is 28.8 Å². The highest BCUT2D eigenvalue weighted by Gasteiger charge is 2.21. The molecule has 2 nitrogen and oxygen atoms in total. The second-order valence-corrected chi connectivity index (χ2v) is 8.23. The Kier molecular flexibility index (Phi) is 6.84. The van der Waals surface area contributed by atoms with E-state index in [0.717, 1.165) is 37.8 Å². The quantitative estimate of drug-likeness (QED) is 0.183. The van der Waals surface area contributed by atoms with Crippen molar-refractivity contribution in [1.82, 2.24) is 0 Å². The molecule has 1 aliphatic carbocycles. The van der Waals surface area contributed by atoms with Gasteiger partial charge in [0.05, 0.1) is 0 Å². The maximum Gasteiger partial charge on any atom is 0.349 e. The SMILES string of the molecule is C/C=C/C1CCC(C#Cc2cc(F)c(C(=O)Oc3ccc4c(F)cccc4c3)c(F)c2)CC1. The lowest BCUT2D eigenvalue weighted by molar-refractivity contribution is 0.0725. The minimum Gasteiger partial charge on any atom is -0.423 e. The van der Waals surface area contributed by atoms with Gasteiger partial charge >= 0.3 is 5.97 Å². The molecular weight excluding hydrogens is 425 g/mol. The molecule has 0 radical (unpaired) electrons. The molecule has 0 spiro atoms. The topological polar surface area (TPSA) is 26.3 Å². The van der Waals surface area contributed by atoms with E-state index in [1.54, 1.807) is 6.07 Å². The van der Waals surface area contributed by atoms with E-state index < -0.39 is 29.0 Å². The van der Waals surface area contributed by atoms with Gasteiger partial charge in [0, 0.05) is 16.9 Å². The predicted molar refractivity (Wildman–Crippen MR) is 122 cm³/mol. The summed E-state index contributed by atoms with van der Waals surface area (Å²) in [5.74, 6) is 3.15. The van der Waals surface area contributed by atoms with Crippen molar-refractivity contribution in [3.05, 3.63) is 89.3 Å². The second-order valence-electron chi connectivity index (χ2n) is 8.23. The van der Waals surface area contributed by atoms with Crippen LogP contribution in [0.3, 0.4) is 0 Å². The van der Waals surface area contributed by atoms with E-state index >= 15 is 0 Å². The number of esters is 1. The monoisotopic (exact) mass is 448 g/mol. The third kappa shape index (κ3) is 5.28. The van der Waals surface area contributed by atoms with Crippen LogP contribution in [-0.2, 0) is 0 Å². The molecule has 5 heteroatoms. The summed E-state index contributed by atoms with van der Waals surface area (Å²) in [6.07, 6.45) is 8.29. The normalized spacial score (nSPS) is 18.2. The van der Waals surface area contributed by atoms with E-state index in [9.17, 15) is 18.0 Å².